The van der Waals surface area contributed by atoms with Crippen molar-refractivity contribution in [1.29, 1.82) is 0 Å². The van der Waals surface area contributed by atoms with E-state index >= 15 is 0 Å². The monoisotopic (exact) mass is 218 g/mol. The van der Waals surface area contributed by atoms with E-state index < -0.39 is 0 Å². The van der Waals surface area contributed by atoms with E-state index in [0.717, 1.165) is 12.5 Å². The second-order valence-corrected chi connectivity index (χ2v) is 5.16. The summed E-state index contributed by atoms with van der Waals surface area (Å²) in [5, 5.41) is 0. The van der Waals surface area contributed by atoms with Crippen LogP contribution in [-0.4, -0.2) is 24.0 Å². The highest BCUT2D eigenvalue weighted by molar-refractivity contribution is 5.18. The van der Waals surface area contributed by atoms with Crippen molar-refractivity contribution in [3.8, 4) is 0 Å². The number of rotatable bonds is 3. The van der Waals surface area contributed by atoms with Crippen LogP contribution in [0.1, 0.15) is 31.9 Å². The summed E-state index contributed by atoms with van der Waals surface area (Å²) < 4.78 is 0. The fraction of sp³-hybridized carbons (Fsp3) is 0.571. The van der Waals surface area contributed by atoms with Gasteiger partial charge < -0.3 is 5.73 Å². The third-order valence-corrected chi connectivity index (χ3v) is 3.57. The lowest BCUT2D eigenvalue weighted by Crippen LogP contribution is -2.34. The zero-order valence-electron chi connectivity index (χ0n) is 10.3. The summed E-state index contributed by atoms with van der Waals surface area (Å²) >= 11 is 0. The molecule has 1 aliphatic heterocycles. The van der Waals surface area contributed by atoms with Gasteiger partial charge in [-0.2, -0.15) is 0 Å². The fourth-order valence-electron chi connectivity index (χ4n) is 2.70. The van der Waals surface area contributed by atoms with Crippen molar-refractivity contribution < 1.29 is 0 Å². The van der Waals surface area contributed by atoms with Crippen molar-refractivity contribution in [2.75, 3.05) is 13.1 Å². The molecule has 88 valence electrons. The Hall–Kier alpha value is -0.860. The molecule has 0 radical (unpaired) electrons. The van der Waals surface area contributed by atoms with E-state index in [2.05, 4.69) is 43.0 Å². The molecule has 1 saturated heterocycles. The predicted molar refractivity (Wildman–Crippen MR) is 68.2 cm³/mol. The molecule has 1 heterocycles. The van der Waals surface area contributed by atoms with Crippen LogP contribution in [0.25, 0.3) is 0 Å². The maximum Gasteiger partial charge on any atom is 0.0424 e. The molecule has 2 heteroatoms. The largest absolute Gasteiger partial charge is 0.323 e. The summed E-state index contributed by atoms with van der Waals surface area (Å²) in [4.78, 5) is 2.52. The minimum Gasteiger partial charge on any atom is -0.323 e. The minimum atomic E-state index is 0.147. The van der Waals surface area contributed by atoms with Crippen LogP contribution in [0.2, 0.25) is 0 Å². The van der Waals surface area contributed by atoms with E-state index in [1.54, 1.807) is 0 Å². The predicted octanol–water partition coefficient (Wildman–Crippen LogP) is 2.42. The number of nitrogens with zero attached hydrogens (tertiary/aromatic N) is 1. The highest BCUT2D eigenvalue weighted by Gasteiger charge is 2.27. The highest BCUT2D eigenvalue weighted by Crippen LogP contribution is 2.24. The Labute approximate surface area is 98.4 Å². The number of hydrogen-bond acceptors (Lipinski definition) is 2. The number of likely N-dealkylation sites (tertiary alicyclic amines) is 1. The van der Waals surface area contributed by atoms with Crippen molar-refractivity contribution in [1.82, 2.24) is 4.90 Å². The summed E-state index contributed by atoms with van der Waals surface area (Å²) in [6.07, 6.45) is 1.31. The molecular weight excluding hydrogens is 196 g/mol. The molecule has 2 N–H and O–H groups in total. The van der Waals surface area contributed by atoms with Gasteiger partial charge in [0.2, 0.25) is 0 Å². The topological polar surface area (TPSA) is 29.3 Å². The lowest BCUT2D eigenvalue weighted by Gasteiger charge is -2.25. The molecule has 1 aromatic rings. The van der Waals surface area contributed by atoms with E-state index in [4.69, 9.17) is 5.73 Å². The van der Waals surface area contributed by atoms with Gasteiger partial charge in [0.25, 0.3) is 0 Å². The van der Waals surface area contributed by atoms with Crippen LogP contribution in [0.15, 0.2) is 30.3 Å². The van der Waals surface area contributed by atoms with Crippen molar-refractivity contribution in [2.45, 2.75) is 32.4 Å². The first kappa shape index (κ1) is 11.6. The normalized spacial score (nSPS) is 28.2. The molecule has 2 rings (SSSR count). The number of hydrogen-bond donors (Lipinski definition) is 1. The molecule has 1 aliphatic rings. The summed E-state index contributed by atoms with van der Waals surface area (Å²) in [6, 6.07) is 11.2. The van der Waals surface area contributed by atoms with Gasteiger partial charge in [-0.25, -0.2) is 0 Å². The van der Waals surface area contributed by atoms with Crippen molar-refractivity contribution in [3.63, 3.8) is 0 Å². The summed E-state index contributed by atoms with van der Waals surface area (Å²) in [5.41, 5.74) is 7.49. The number of benzene rings is 1. The third-order valence-electron chi connectivity index (χ3n) is 3.57. The molecule has 0 spiro atoms. The average Bonchev–Trinajstić information content (AvgIpc) is 2.59. The van der Waals surface area contributed by atoms with Gasteiger partial charge in [0.1, 0.15) is 0 Å². The van der Waals surface area contributed by atoms with E-state index in [-0.39, 0.29) is 6.04 Å². The molecule has 0 saturated carbocycles. The molecule has 0 unspecified atom stereocenters. The van der Waals surface area contributed by atoms with Gasteiger partial charge in [-0.1, -0.05) is 37.3 Å². The molecule has 1 aromatic carbocycles. The molecule has 0 aromatic heterocycles. The first-order valence-corrected chi connectivity index (χ1v) is 6.21. The Morgan fingerprint density at radius 2 is 2.00 bits per heavy atom. The van der Waals surface area contributed by atoms with Crippen molar-refractivity contribution in [3.05, 3.63) is 35.9 Å². The quantitative estimate of drug-likeness (QED) is 0.844. The van der Waals surface area contributed by atoms with Crippen LogP contribution >= 0.6 is 0 Å². The van der Waals surface area contributed by atoms with Gasteiger partial charge in [-0.05, 0) is 24.8 Å². The van der Waals surface area contributed by atoms with Crippen LogP contribution < -0.4 is 5.73 Å². The molecule has 0 amide bonds. The Balaban J connectivity index is 1.95. The van der Waals surface area contributed by atoms with Crippen LogP contribution in [0, 0.1) is 5.92 Å². The van der Waals surface area contributed by atoms with Crippen molar-refractivity contribution >= 4 is 0 Å². The highest BCUT2D eigenvalue weighted by atomic mass is 15.2. The average molecular weight is 218 g/mol. The Bertz CT molecular complexity index is 323. The Morgan fingerprint density at radius 3 is 2.56 bits per heavy atom. The lowest BCUT2D eigenvalue weighted by molar-refractivity contribution is 0.249. The molecule has 0 bridgehead atoms. The van der Waals surface area contributed by atoms with E-state index in [9.17, 15) is 0 Å². The van der Waals surface area contributed by atoms with Gasteiger partial charge >= 0.3 is 0 Å². The first-order chi connectivity index (χ1) is 7.66. The van der Waals surface area contributed by atoms with Gasteiger partial charge in [0.15, 0.2) is 0 Å². The van der Waals surface area contributed by atoms with Gasteiger partial charge in [0.05, 0.1) is 0 Å². The van der Waals surface area contributed by atoms with Crippen LogP contribution in [-0.2, 0) is 0 Å². The zero-order chi connectivity index (χ0) is 11.5. The third kappa shape index (κ3) is 2.63. The second kappa shape index (κ2) is 4.98. The molecule has 0 aliphatic carbocycles. The van der Waals surface area contributed by atoms with Gasteiger partial charge in [-0.3, -0.25) is 4.90 Å². The molecule has 16 heavy (non-hydrogen) atoms. The molecule has 2 nitrogen and oxygen atoms in total. The lowest BCUT2D eigenvalue weighted by atomic mass is 10.1. The van der Waals surface area contributed by atoms with Gasteiger partial charge in [-0.15, -0.1) is 0 Å². The molecule has 3 atom stereocenters. The standard InChI is InChI=1S/C14H22N2/c1-11-8-12(2)16(9-11)10-14(15)13-6-4-3-5-7-13/h3-7,11-12,14H,8-10,15H2,1-2H3/t11-,12-,14-/m1/s1. The van der Waals surface area contributed by atoms with Crippen LogP contribution in [0.5, 0.6) is 0 Å². The van der Waals surface area contributed by atoms with E-state index in [1.165, 1.54) is 18.5 Å². The van der Waals surface area contributed by atoms with Crippen LogP contribution in [0.3, 0.4) is 0 Å². The zero-order valence-corrected chi connectivity index (χ0v) is 10.3. The summed E-state index contributed by atoms with van der Waals surface area (Å²) in [6.45, 7) is 6.81. The van der Waals surface area contributed by atoms with E-state index in [0.29, 0.717) is 6.04 Å². The first-order valence-electron chi connectivity index (χ1n) is 6.21. The van der Waals surface area contributed by atoms with Crippen molar-refractivity contribution in [2.24, 2.45) is 11.7 Å². The SMILES string of the molecule is C[C@@H]1C[C@@H](C)N(C[C@@H](N)c2ccccc2)C1. The number of nitrogens with two attached hydrogens (primary N) is 1. The minimum absolute atomic E-state index is 0.147. The molecule has 1 fully saturated rings. The Morgan fingerprint density at radius 1 is 1.31 bits per heavy atom. The van der Waals surface area contributed by atoms with E-state index in [1.807, 2.05) is 6.07 Å². The smallest absolute Gasteiger partial charge is 0.0424 e. The Kier molecular flexibility index (Phi) is 3.62. The maximum atomic E-state index is 6.24. The van der Waals surface area contributed by atoms with Gasteiger partial charge in [0, 0.05) is 25.2 Å². The second-order valence-electron chi connectivity index (χ2n) is 5.16. The molecular formula is C14H22N2. The maximum absolute atomic E-state index is 6.24. The summed E-state index contributed by atoms with van der Waals surface area (Å²) in [7, 11) is 0. The fourth-order valence-corrected chi connectivity index (χ4v) is 2.70. The summed E-state index contributed by atoms with van der Waals surface area (Å²) in [5.74, 6) is 0.818. The van der Waals surface area contributed by atoms with Crippen LogP contribution in [0.4, 0.5) is 0 Å².